The lowest BCUT2D eigenvalue weighted by Crippen LogP contribution is -2.24. The van der Waals surface area contributed by atoms with Gasteiger partial charge in [0.1, 0.15) is 11.9 Å². The normalized spacial score (nSPS) is 30.8. The molecule has 1 aromatic carbocycles. The van der Waals surface area contributed by atoms with Crippen molar-refractivity contribution in [2.45, 2.75) is 38.7 Å². The Morgan fingerprint density at radius 2 is 2.06 bits per heavy atom. The number of ether oxygens (including phenoxy) is 1. The predicted octanol–water partition coefficient (Wildman–Crippen LogP) is 4.22. The molecule has 18 heavy (non-hydrogen) atoms. The molecule has 2 atom stereocenters. The van der Waals surface area contributed by atoms with E-state index in [4.69, 9.17) is 4.74 Å². The Morgan fingerprint density at radius 1 is 1.22 bits per heavy atom. The van der Waals surface area contributed by atoms with Gasteiger partial charge in [0.2, 0.25) is 0 Å². The molecular weight excluding hydrogens is 220 g/mol. The first-order valence-corrected chi connectivity index (χ1v) is 6.85. The first-order valence-electron chi connectivity index (χ1n) is 6.85. The van der Waals surface area contributed by atoms with Gasteiger partial charge in [0.05, 0.1) is 0 Å². The molecule has 1 aliphatic heterocycles. The molecule has 0 fully saturated rings. The molecule has 0 spiro atoms. The van der Waals surface area contributed by atoms with Crippen LogP contribution in [0, 0.1) is 5.41 Å². The lowest BCUT2D eigenvalue weighted by molar-refractivity contribution is 0.215. The second kappa shape index (κ2) is 3.28. The zero-order valence-electron chi connectivity index (χ0n) is 10.9. The second-order valence-corrected chi connectivity index (χ2v) is 6.15. The minimum atomic E-state index is 0.233. The average molecular weight is 238 g/mol. The first-order chi connectivity index (χ1) is 8.69. The maximum Gasteiger partial charge on any atom is 0.131 e. The van der Waals surface area contributed by atoms with Crippen molar-refractivity contribution in [3.63, 3.8) is 0 Å². The van der Waals surface area contributed by atoms with E-state index in [-0.39, 0.29) is 11.5 Å². The zero-order chi connectivity index (χ0) is 12.3. The van der Waals surface area contributed by atoms with Gasteiger partial charge in [-0.1, -0.05) is 49.8 Å². The van der Waals surface area contributed by atoms with Crippen molar-refractivity contribution in [2.24, 2.45) is 5.41 Å². The largest absolute Gasteiger partial charge is 0.485 e. The number of allylic oxidation sites excluding steroid dienone is 2. The summed E-state index contributed by atoms with van der Waals surface area (Å²) in [4.78, 5) is 0. The number of rotatable bonds is 0. The van der Waals surface area contributed by atoms with Crippen molar-refractivity contribution < 1.29 is 4.74 Å². The fourth-order valence-corrected chi connectivity index (χ4v) is 4.05. The molecule has 0 bridgehead atoms. The first kappa shape index (κ1) is 10.4. The minimum absolute atomic E-state index is 0.233. The molecule has 3 aliphatic rings. The van der Waals surface area contributed by atoms with Crippen LogP contribution in [0.4, 0.5) is 0 Å². The molecule has 0 saturated heterocycles. The number of para-hydroxylation sites is 1. The molecule has 0 radical (unpaired) electrons. The fourth-order valence-electron chi connectivity index (χ4n) is 4.05. The molecule has 1 heteroatoms. The van der Waals surface area contributed by atoms with Gasteiger partial charge >= 0.3 is 0 Å². The van der Waals surface area contributed by atoms with Crippen molar-refractivity contribution in [3.8, 4) is 5.75 Å². The topological polar surface area (TPSA) is 9.23 Å². The fraction of sp³-hybridized carbons (Fsp3) is 0.412. The molecule has 0 saturated carbocycles. The monoisotopic (exact) mass is 238 g/mol. The van der Waals surface area contributed by atoms with Gasteiger partial charge in [0.15, 0.2) is 0 Å². The van der Waals surface area contributed by atoms with Crippen LogP contribution in [0.3, 0.4) is 0 Å². The molecule has 1 heterocycles. The smallest absolute Gasteiger partial charge is 0.131 e. The third-order valence-corrected chi connectivity index (χ3v) is 4.88. The highest BCUT2D eigenvalue weighted by molar-refractivity contribution is 5.55. The highest BCUT2D eigenvalue weighted by atomic mass is 16.5. The molecule has 2 unspecified atom stereocenters. The maximum absolute atomic E-state index is 6.23. The van der Waals surface area contributed by atoms with Gasteiger partial charge in [0.25, 0.3) is 0 Å². The van der Waals surface area contributed by atoms with Gasteiger partial charge in [0, 0.05) is 11.5 Å². The zero-order valence-corrected chi connectivity index (χ0v) is 10.9. The summed E-state index contributed by atoms with van der Waals surface area (Å²) in [6.45, 7) is 4.77. The van der Waals surface area contributed by atoms with Crippen LogP contribution in [0.15, 0.2) is 47.6 Å². The van der Waals surface area contributed by atoms with E-state index in [9.17, 15) is 0 Å². The van der Waals surface area contributed by atoms with E-state index in [1.54, 1.807) is 5.57 Å². The van der Waals surface area contributed by atoms with Crippen LogP contribution in [-0.4, -0.2) is 6.10 Å². The Morgan fingerprint density at radius 3 is 2.94 bits per heavy atom. The molecular formula is C17H18O. The van der Waals surface area contributed by atoms with Crippen LogP contribution in [0.1, 0.15) is 38.2 Å². The van der Waals surface area contributed by atoms with Crippen LogP contribution in [-0.2, 0) is 0 Å². The summed E-state index contributed by atoms with van der Waals surface area (Å²) >= 11 is 0. The van der Waals surface area contributed by atoms with Crippen molar-refractivity contribution in [3.05, 3.63) is 53.1 Å². The molecule has 4 rings (SSSR count). The highest BCUT2D eigenvalue weighted by Gasteiger charge is 2.53. The van der Waals surface area contributed by atoms with E-state index in [0.29, 0.717) is 5.92 Å². The third-order valence-electron chi connectivity index (χ3n) is 4.88. The van der Waals surface area contributed by atoms with Crippen LogP contribution < -0.4 is 4.74 Å². The number of fused-ring (bicyclic) bond motifs is 4. The molecule has 1 nitrogen and oxygen atoms in total. The summed E-state index contributed by atoms with van der Waals surface area (Å²) in [5.41, 5.74) is 4.70. The SMILES string of the molecule is CC1(C)C2=C(C=CCC2)C2Oc3ccccc3C21. The van der Waals surface area contributed by atoms with E-state index >= 15 is 0 Å². The van der Waals surface area contributed by atoms with E-state index in [1.807, 2.05) is 0 Å². The number of hydrogen-bond donors (Lipinski definition) is 0. The Bertz CT molecular complexity index is 577. The van der Waals surface area contributed by atoms with Gasteiger partial charge in [-0.3, -0.25) is 0 Å². The summed E-state index contributed by atoms with van der Waals surface area (Å²) in [6, 6.07) is 8.55. The quantitative estimate of drug-likeness (QED) is 0.657. The third kappa shape index (κ3) is 1.12. The van der Waals surface area contributed by atoms with Crippen molar-refractivity contribution in [2.75, 3.05) is 0 Å². The van der Waals surface area contributed by atoms with Gasteiger partial charge in [-0.05, 0) is 29.9 Å². The maximum atomic E-state index is 6.23. The summed E-state index contributed by atoms with van der Waals surface area (Å²) in [5, 5.41) is 0. The van der Waals surface area contributed by atoms with Crippen LogP contribution >= 0.6 is 0 Å². The Kier molecular flexibility index (Phi) is 1.90. The standard InChI is InChI=1S/C17H18O/c1-17(2)13-9-5-3-7-11(13)16-15(17)12-8-4-6-10-14(12)18-16/h3-4,6-8,10,15-16H,5,9H2,1-2H3. The van der Waals surface area contributed by atoms with Gasteiger partial charge < -0.3 is 4.74 Å². The minimum Gasteiger partial charge on any atom is -0.485 e. The van der Waals surface area contributed by atoms with E-state index in [1.165, 1.54) is 24.0 Å². The van der Waals surface area contributed by atoms with E-state index < -0.39 is 0 Å². The Labute approximate surface area is 108 Å². The summed E-state index contributed by atoms with van der Waals surface area (Å²) in [7, 11) is 0. The van der Waals surface area contributed by atoms with Crippen molar-refractivity contribution in [1.29, 1.82) is 0 Å². The molecule has 2 aliphatic carbocycles. The second-order valence-electron chi connectivity index (χ2n) is 6.15. The van der Waals surface area contributed by atoms with E-state index in [2.05, 4.69) is 50.3 Å². The van der Waals surface area contributed by atoms with Gasteiger partial charge in [-0.25, -0.2) is 0 Å². The summed E-state index contributed by atoms with van der Waals surface area (Å²) < 4.78 is 6.23. The number of hydrogen-bond acceptors (Lipinski definition) is 1. The lowest BCUT2D eigenvalue weighted by Gasteiger charge is -2.30. The number of benzene rings is 1. The molecule has 0 N–H and O–H groups in total. The summed E-state index contributed by atoms with van der Waals surface area (Å²) in [6.07, 6.45) is 7.24. The Balaban J connectivity index is 1.90. The van der Waals surface area contributed by atoms with Crippen molar-refractivity contribution in [1.82, 2.24) is 0 Å². The predicted molar refractivity (Wildman–Crippen MR) is 72.8 cm³/mol. The van der Waals surface area contributed by atoms with Crippen molar-refractivity contribution >= 4 is 0 Å². The van der Waals surface area contributed by atoms with Crippen LogP contribution in [0.25, 0.3) is 0 Å². The molecule has 92 valence electrons. The lowest BCUT2D eigenvalue weighted by atomic mass is 9.72. The Hall–Kier alpha value is -1.50. The molecule has 1 aromatic rings. The van der Waals surface area contributed by atoms with Crippen LogP contribution in [0.5, 0.6) is 5.75 Å². The molecule has 0 amide bonds. The van der Waals surface area contributed by atoms with Crippen LogP contribution in [0.2, 0.25) is 0 Å². The van der Waals surface area contributed by atoms with Gasteiger partial charge in [-0.2, -0.15) is 0 Å². The van der Waals surface area contributed by atoms with E-state index in [0.717, 1.165) is 5.75 Å². The van der Waals surface area contributed by atoms with Gasteiger partial charge in [-0.15, -0.1) is 0 Å². The average Bonchev–Trinajstić information content (AvgIpc) is 2.86. The molecule has 0 aromatic heterocycles. The summed E-state index contributed by atoms with van der Waals surface area (Å²) in [5.74, 6) is 1.59. The highest BCUT2D eigenvalue weighted by Crippen LogP contribution is 2.60.